The summed E-state index contributed by atoms with van der Waals surface area (Å²) in [5.74, 6) is -1.11. The molecule has 0 bridgehead atoms. The SMILES string of the molecule is CC(C)OCCC(=O)N[C@@H]1CC[C@H](C(=O)O)C1. The zero-order valence-corrected chi connectivity index (χ0v) is 10.4. The van der Waals surface area contributed by atoms with Gasteiger partial charge in [0.1, 0.15) is 0 Å². The summed E-state index contributed by atoms with van der Waals surface area (Å²) in [6.45, 7) is 4.26. The Morgan fingerprint density at radius 1 is 1.41 bits per heavy atom. The average molecular weight is 243 g/mol. The molecule has 0 saturated heterocycles. The van der Waals surface area contributed by atoms with Crippen LogP contribution in [-0.2, 0) is 14.3 Å². The second kappa shape index (κ2) is 6.59. The molecule has 1 rings (SSSR count). The highest BCUT2D eigenvalue weighted by Gasteiger charge is 2.30. The summed E-state index contributed by atoms with van der Waals surface area (Å²) < 4.78 is 5.28. The van der Waals surface area contributed by atoms with Crippen LogP contribution >= 0.6 is 0 Å². The molecule has 0 heterocycles. The van der Waals surface area contributed by atoms with E-state index in [9.17, 15) is 9.59 Å². The zero-order valence-electron chi connectivity index (χ0n) is 10.4. The Morgan fingerprint density at radius 3 is 2.65 bits per heavy atom. The van der Waals surface area contributed by atoms with E-state index in [4.69, 9.17) is 9.84 Å². The highest BCUT2D eigenvalue weighted by molar-refractivity contribution is 5.76. The number of amides is 1. The van der Waals surface area contributed by atoms with Crippen molar-refractivity contribution in [2.24, 2.45) is 5.92 Å². The van der Waals surface area contributed by atoms with Gasteiger partial charge in [-0.25, -0.2) is 0 Å². The summed E-state index contributed by atoms with van der Waals surface area (Å²) in [6, 6.07) is 0.0163. The molecule has 2 N–H and O–H groups in total. The molecule has 0 radical (unpaired) electrons. The predicted octanol–water partition coefficient (Wildman–Crippen LogP) is 1.17. The van der Waals surface area contributed by atoms with Crippen LogP contribution in [0.25, 0.3) is 0 Å². The molecule has 0 spiro atoms. The Hall–Kier alpha value is -1.10. The Bertz CT molecular complexity index is 278. The number of rotatable bonds is 6. The first-order valence-corrected chi connectivity index (χ1v) is 6.12. The number of carbonyl (C=O) groups excluding carboxylic acids is 1. The number of aliphatic carboxylic acids is 1. The third-order valence-corrected chi connectivity index (χ3v) is 2.93. The van der Waals surface area contributed by atoms with Gasteiger partial charge in [-0.15, -0.1) is 0 Å². The number of carboxylic acids is 1. The van der Waals surface area contributed by atoms with E-state index in [-0.39, 0.29) is 24.0 Å². The van der Waals surface area contributed by atoms with Crippen molar-refractivity contribution in [2.45, 2.75) is 51.7 Å². The summed E-state index contributed by atoms with van der Waals surface area (Å²) in [5.41, 5.74) is 0. The number of hydrogen-bond donors (Lipinski definition) is 2. The molecule has 0 aromatic rings. The van der Waals surface area contributed by atoms with Gasteiger partial charge in [-0.05, 0) is 33.1 Å². The Balaban J connectivity index is 2.17. The third kappa shape index (κ3) is 5.17. The fourth-order valence-corrected chi connectivity index (χ4v) is 2.02. The van der Waals surface area contributed by atoms with Gasteiger partial charge in [-0.1, -0.05) is 0 Å². The first kappa shape index (κ1) is 14.0. The van der Waals surface area contributed by atoms with E-state index in [2.05, 4.69) is 5.32 Å². The average Bonchev–Trinajstić information content (AvgIpc) is 2.65. The van der Waals surface area contributed by atoms with Gasteiger partial charge in [0.25, 0.3) is 0 Å². The van der Waals surface area contributed by atoms with Crippen molar-refractivity contribution in [3.8, 4) is 0 Å². The van der Waals surface area contributed by atoms with Crippen molar-refractivity contribution in [3.05, 3.63) is 0 Å². The molecule has 5 nitrogen and oxygen atoms in total. The lowest BCUT2D eigenvalue weighted by Crippen LogP contribution is -2.34. The van der Waals surface area contributed by atoms with E-state index in [1.807, 2.05) is 13.8 Å². The Morgan fingerprint density at radius 2 is 2.12 bits per heavy atom. The molecular weight excluding hydrogens is 222 g/mol. The van der Waals surface area contributed by atoms with Gasteiger partial charge in [0, 0.05) is 12.5 Å². The molecule has 0 aromatic heterocycles. The van der Waals surface area contributed by atoms with Crippen molar-refractivity contribution >= 4 is 11.9 Å². The number of nitrogens with one attached hydrogen (secondary N) is 1. The van der Waals surface area contributed by atoms with Crippen molar-refractivity contribution < 1.29 is 19.4 Å². The minimum atomic E-state index is -0.759. The monoisotopic (exact) mass is 243 g/mol. The fourth-order valence-electron chi connectivity index (χ4n) is 2.02. The molecule has 1 aliphatic rings. The van der Waals surface area contributed by atoms with Gasteiger partial charge in [0.15, 0.2) is 0 Å². The maximum absolute atomic E-state index is 11.5. The molecule has 98 valence electrons. The smallest absolute Gasteiger partial charge is 0.306 e. The largest absolute Gasteiger partial charge is 0.481 e. The minimum Gasteiger partial charge on any atom is -0.481 e. The summed E-state index contributed by atoms with van der Waals surface area (Å²) in [4.78, 5) is 22.3. The van der Waals surface area contributed by atoms with Crippen LogP contribution in [0.1, 0.15) is 39.5 Å². The van der Waals surface area contributed by atoms with E-state index in [0.29, 0.717) is 25.9 Å². The Kier molecular flexibility index (Phi) is 5.41. The van der Waals surface area contributed by atoms with Gasteiger partial charge in [0.2, 0.25) is 5.91 Å². The van der Waals surface area contributed by atoms with Crippen molar-refractivity contribution in [2.75, 3.05) is 6.61 Å². The Labute approximate surface area is 102 Å². The molecule has 5 heteroatoms. The molecule has 0 aromatic carbocycles. The summed E-state index contributed by atoms with van der Waals surface area (Å²) >= 11 is 0. The number of ether oxygens (including phenoxy) is 1. The molecule has 1 amide bonds. The van der Waals surface area contributed by atoms with Crippen molar-refractivity contribution in [1.29, 1.82) is 0 Å². The van der Waals surface area contributed by atoms with Crippen LogP contribution in [0.5, 0.6) is 0 Å². The first-order valence-electron chi connectivity index (χ1n) is 6.12. The molecule has 2 atom stereocenters. The van der Waals surface area contributed by atoms with Crippen LogP contribution < -0.4 is 5.32 Å². The molecular formula is C12H21NO4. The highest BCUT2D eigenvalue weighted by atomic mass is 16.5. The van der Waals surface area contributed by atoms with Gasteiger partial charge in [-0.2, -0.15) is 0 Å². The van der Waals surface area contributed by atoms with Crippen LogP contribution in [0.4, 0.5) is 0 Å². The molecule has 1 aliphatic carbocycles. The van der Waals surface area contributed by atoms with Crippen LogP contribution in [0, 0.1) is 5.92 Å². The van der Waals surface area contributed by atoms with E-state index in [0.717, 1.165) is 6.42 Å². The van der Waals surface area contributed by atoms with E-state index < -0.39 is 5.97 Å². The van der Waals surface area contributed by atoms with Crippen LogP contribution in [0.15, 0.2) is 0 Å². The number of carbonyl (C=O) groups is 2. The van der Waals surface area contributed by atoms with Gasteiger partial charge in [0.05, 0.1) is 18.6 Å². The van der Waals surface area contributed by atoms with Crippen molar-refractivity contribution in [1.82, 2.24) is 5.32 Å². The zero-order chi connectivity index (χ0) is 12.8. The topological polar surface area (TPSA) is 75.6 Å². The van der Waals surface area contributed by atoms with E-state index in [1.165, 1.54) is 0 Å². The molecule has 1 fully saturated rings. The summed E-state index contributed by atoms with van der Waals surface area (Å²) in [5, 5.41) is 11.7. The lowest BCUT2D eigenvalue weighted by molar-refractivity contribution is -0.141. The number of hydrogen-bond acceptors (Lipinski definition) is 3. The molecule has 1 saturated carbocycles. The molecule has 0 aliphatic heterocycles. The van der Waals surface area contributed by atoms with Crippen molar-refractivity contribution in [3.63, 3.8) is 0 Å². The highest BCUT2D eigenvalue weighted by Crippen LogP contribution is 2.25. The number of carboxylic acid groups (broad SMARTS) is 1. The van der Waals surface area contributed by atoms with Gasteiger partial charge < -0.3 is 15.2 Å². The van der Waals surface area contributed by atoms with Gasteiger partial charge >= 0.3 is 5.97 Å². The first-order chi connectivity index (χ1) is 7.99. The minimum absolute atomic E-state index is 0.0163. The second-order valence-corrected chi connectivity index (χ2v) is 4.78. The third-order valence-electron chi connectivity index (χ3n) is 2.93. The fraction of sp³-hybridized carbons (Fsp3) is 0.833. The van der Waals surface area contributed by atoms with Crippen LogP contribution in [0.3, 0.4) is 0 Å². The van der Waals surface area contributed by atoms with Crippen LogP contribution in [-0.4, -0.2) is 35.7 Å². The lowest BCUT2D eigenvalue weighted by atomic mass is 10.1. The van der Waals surface area contributed by atoms with E-state index >= 15 is 0 Å². The van der Waals surface area contributed by atoms with E-state index in [1.54, 1.807) is 0 Å². The standard InChI is InChI=1S/C12H21NO4/c1-8(2)17-6-5-11(14)13-10-4-3-9(7-10)12(15)16/h8-10H,3-7H2,1-2H3,(H,13,14)(H,15,16)/t9-,10+/m0/s1. The maximum atomic E-state index is 11.5. The lowest BCUT2D eigenvalue weighted by Gasteiger charge is -2.13. The summed E-state index contributed by atoms with van der Waals surface area (Å²) in [7, 11) is 0. The predicted molar refractivity (Wildman–Crippen MR) is 62.6 cm³/mol. The quantitative estimate of drug-likeness (QED) is 0.734. The maximum Gasteiger partial charge on any atom is 0.306 e. The summed E-state index contributed by atoms with van der Waals surface area (Å²) in [6.07, 6.45) is 2.43. The second-order valence-electron chi connectivity index (χ2n) is 4.78. The van der Waals surface area contributed by atoms with Gasteiger partial charge in [-0.3, -0.25) is 9.59 Å². The van der Waals surface area contributed by atoms with Crippen LogP contribution in [0.2, 0.25) is 0 Å². The molecule has 0 unspecified atom stereocenters. The molecule has 17 heavy (non-hydrogen) atoms. The normalized spacial score (nSPS) is 23.9.